The van der Waals surface area contributed by atoms with Gasteiger partial charge in [0.05, 0.1) is 0 Å². The minimum absolute atomic E-state index is 0.0619. The minimum Gasteiger partial charge on any atom is -0.458 e. The first-order valence-electron chi connectivity index (χ1n) is 14.6. The first-order chi connectivity index (χ1) is 16.0. The van der Waals surface area contributed by atoms with Gasteiger partial charge in [-0.1, -0.05) is 72.1 Å². The van der Waals surface area contributed by atoms with E-state index in [0.717, 1.165) is 30.1 Å². The number of rotatable bonds is 7. The summed E-state index contributed by atoms with van der Waals surface area (Å²) in [5.74, 6) is 4.44. The quantitative estimate of drug-likeness (QED) is 0.275. The van der Waals surface area contributed by atoms with Crippen molar-refractivity contribution in [3.8, 4) is 0 Å². The molecule has 34 heavy (non-hydrogen) atoms. The number of allylic oxidation sites excluding steroid dienone is 2. The van der Waals surface area contributed by atoms with Crippen molar-refractivity contribution < 1.29 is 9.53 Å². The fraction of sp³-hybridized carbons (Fsp3) is 0.844. The van der Waals surface area contributed by atoms with E-state index in [1.807, 2.05) is 11.1 Å². The molecule has 0 spiro atoms. The molecule has 0 saturated heterocycles. The van der Waals surface area contributed by atoms with Crippen LogP contribution < -0.4 is 0 Å². The lowest BCUT2D eigenvalue weighted by Gasteiger charge is -2.57. The molecule has 0 aliphatic heterocycles. The summed E-state index contributed by atoms with van der Waals surface area (Å²) in [5, 5.41) is 0. The lowest BCUT2D eigenvalue weighted by Crippen LogP contribution is -2.49. The van der Waals surface area contributed by atoms with Crippen LogP contribution in [0.5, 0.6) is 0 Å². The van der Waals surface area contributed by atoms with Crippen LogP contribution in [0.2, 0.25) is 0 Å². The molecule has 0 aromatic carbocycles. The zero-order valence-electron chi connectivity index (χ0n) is 23.3. The molecule has 4 rings (SSSR count). The second kappa shape index (κ2) is 9.78. The van der Waals surface area contributed by atoms with E-state index in [1.54, 1.807) is 0 Å². The molecule has 2 nitrogen and oxygen atoms in total. The van der Waals surface area contributed by atoms with Gasteiger partial charge in [-0.25, -0.2) is 0 Å². The molecule has 0 radical (unpaired) electrons. The van der Waals surface area contributed by atoms with Gasteiger partial charge >= 0.3 is 5.97 Å². The van der Waals surface area contributed by atoms with Crippen molar-refractivity contribution in [2.45, 2.75) is 125 Å². The highest BCUT2D eigenvalue weighted by molar-refractivity contribution is 5.66. The van der Waals surface area contributed by atoms with Gasteiger partial charge in [0.15, 0.2) is 0 Å². The number of carbonyl (C=O) groups is 1. The maximum atomic E-state index is 11.6. The van der Waals surface area contributed by atoms with Crippen molar-refractivity contribution in [1.82, 2.24) is 0 Å². The van der Waals surface area contributed by atoms with Crippen LogP contribution in [0.15, 0.2) is 23.3 Å². The van der Waals surface area contributed by atoms with Gasteiger partial charge in [-0.2, -0.15) is 0 Å². The zero-order chi connectivity index (χ0) is 24.8. The number of fused-ring (bicyclic) bond motifs is 4. The average molecular weight is 469 g/mol. The SMILES string of the molecule is C=C1C(OC(C)=O)CCC2(C)C1CCC1=C3CCC(C(C)CCC(CC)C(C)C)C3(C)CCC12. The Kier molecular flexibility index (Phi) is 7.48. The van der Waals surface area contributed by atoms with Gasteiger partial charge < -0.3 is 4.74 Å². The summed E-state index contributed by atoms with van der Waals surface area (Å²) in [6, 6.07) is 0. The van der Waals surface area contributed by atoms with Crippen molar-refractivity contribution in [1.29, 1.82) is 0 Å². The van der Waals surface area contributed by atoms with Gasteiger partial charge in [-0.15, -0.1) is 0 Å². The monoisotopic (exact) mass is 468 g/mol. The topological polar surface area (TPSA) is 26.3 Å². The molecule has 0 aromatic rings. The molecule has 8 atom stereocenters. The van der Waals surface area contributed by atoms with Gasteiger partial charge in [-0.05, 0) is 110 Å². The van der Waals surface area contributed by atoms with E-state index in [1.165, 1.54) is 76.7 Å². The van der Waals surface area contributed by atoms with E-state index < -0.39 is 0 Å². The number of carbonyl (C=O) groups excluding carboxylic acids is 1. The van der Waals surface area contributed by atoms with Crippen LogP contribution in [-0.2, 0) is 9.53 Å². The van der Waals surface area contributed by atoms with E-state index in [0.29, 0.717) is 22.7 Å². The Balaban J connectivity index is 1.52. The molecule has 3 saturated carbocycles. The number of hydrogen-bond donors (Lipinski definition) is 0. The predicted molar refractivity (Wildman–Crippen MR) is 142 cm³/mol. The Labute approximate surface area is 210 Å². The summed E-state index contributed by atoms with van der Waals surface area (Å²) >= 11 is 0. The standard InChI is InChI=1S/C32H52O2/c1-9-24(20(2)3)11-10-21(4)26-14-15-28-25-12-13-27-22(5)30(34-23(6)33)17-19-32(27,8)29(25)16-18-31(26,28)7/h20-21,24,26-27,29-30H,5,9-19H2,1-4,6-8H3. The summed E-state index contributed by atoms with van der Waals surface area (Å²) in [4.78, 5) is 11.6. The highest BCUT2D eigenvalue weighted by Gasteiger charge is 2.56. The van der Waals surface area contributed by atoms with Crippen LogP contribution in [0.1, 0.15) is 119 Å². The molecule has 0 N–H and O–H groups in total. The Hall–Kier alpha value is -1.05. The molecule has 2 heteroatoms. The maximum absolute atomic E-state index is 11.6. The number of hydrogen-bond acceptors (Lipinski definition) is 2. The van der Waals surface area contributed by atoms with E-state index >= 15 is 0 Å². The fourth-order valence-electron chi connectivity index (χ4n) is 9.49. The molecule has 0 amide bonds. The Morgan fingerprint density at radius 2 is 1.76 bits per heavy atom. The molecular weight excluding hydrogens is 416 g/mol. The molecular formula is C32H52O2. The van der Waals surface area contributed by atoms with Gasteiger partial charge in [0.1, 0.15) is 6.10 Å². The molecule has 0 aromatic heterocycles. The third-order valence-electron chi connectivity index (χ3n) is 11.5. The Bertz CT molecular complexity index is 821. The van der Waals surface area contributed by atoms with Crippen LogP contribution in [0.3, 0.4) is 0 Å². The molecule has 3 fully saturated rings. The normalized spacial score (nSPS) is 39.4. The molecule has 0 heterocycles. The lowest BCUT2D eigenvalue weighted by atomic mass is 9.48. The molecule has 4 aliphatic rings. The maximum Gasteiger partial charge on any atom is 0.303 e. The van der Waals surface area contributed by atoms with Crippen LogP contribution in [0.25, 0.3) is 0 Å². The van der Waals surface area contributed by atoms with Gasteiger partial charge in [0.2, 0.25) is 0 Å². The predicted octanol–water partition coefficient (Wildman–Crippen LogP) is 8.91. The van der Waals surface area contributed by atoms with Crippen molar-refractivity contribution in [3.05, 3.63) is 23.3 Å². The molecule has 4 aliphatic carbocycles. The van der Waals surface area contributed by atoms with E-state index in [9.17, 15) is 4.79 Å². The lowest BCUT2D eigenvalue weighted by molar-refractivity contribution is -0.147. The first kappa shape index (κ1) is 26.0. The van der Waals surface area contributed by atoms with Crippen LogP contribution in [-0.4, -0.2) is 12.1 Å². The smallest absolute Gasteiger partial charge is 0.303 e. The first-order valence-corrected chi connectivity index (χ1v) is 14.6. The number of ether oxygens (including phenoxy) is 1. The Morgan fingerprint density at radius 1 is 1.03 bits per heavy atom. The van der Waals surface area contributed by atoms with Gasteiger partial charge in [0.25, 0.3) is 0 Å². The van der Waals surface area contributed by atoms with E-state index in [2.05, 4.69) is 48.1 Å². The summed E-state index contributed by atoms with van der Waals surface area (Å²) < 4.78 is 5.67. The minimum atomic E-state index is -0.161. The summed E-state index contributed by atoms with van der Waals surface area (Å²) in [6.07, 6.45) is 14.1. The van der Waals surface area contributed by atoms with Crippen LogP contribution in [0, 0.1) is 46.3 Å². The van der Waals surface area contributed by atoms with E-state index in [-0.39, 0.29) is 12.1 Å². The molecule has 192 valence electrons. The highest BCUT2D eigenvalue weighted by Crippen LogP contribution is 2.66. The summed E-state index contributed by atoms with van der Waals surface area (Å²) in [6.45, 7) is 21.0. The largest absolute Gasteiger partial charge is 0.458 e. The van der Waals surface area contributed by atoms with Gasteiger partial charge in [-0.3, -0.25) is 4.79 Å². The van der Waals surface area contributed by atoms with Crippen molar-refractivity contribution in [2.24, 2.45) is 46.3 Å². The van der Waals surface area contributed by atoms with Crippen molar-refractivity contribution >= 4 is 5.97 Å². The third-order valence-corrected chi connectivity index (χ3v) is 11.5. The third kappa shape index (κ3) is 4.34. The number of esters is 1. The summed E-state index contributed by atoms with van der Waals surface area (Å²) in [5.41, 5.74) is 5.67. The molecule has 0 bridgehead atoms. The van der Waals surface area contributed by atoms with E-state index in [4.69, 9.17) is 4.74 Å². The second-order valence-electron chi connectivity index (χ2n) is 13.4. The van der Waals surface area contributed by atoms with Gasteiger partial charge in [0, 0.05) is 6.92 Å². The fourth-order valence-corrected chi connectivity index (χ4v) is 9.49. The van der Waals surface area contributed by atoms with Crippen molar-refractivity contribution in [3.63, 3.8) is 0 Å². The summed E-state index contributed by atoms with van der Waals surface area (Å²) in [7, 11) is 0. The second-order valence-corrected chi connectivity index (χ2v) is 13.4. The highest BCUT2D eigenvalue weighted by atomic mass is 16.5. The zero-order valence-corrected chi connectivity index (χ0v) is 23.3. The Morgan fingerprint density at radius 3 is 2.41 bits per heavy atom. The average Bonchev–Trinajstić information content (AvgIpc) is 3.13. The van der Waals surface area contributed by atoms with Crippen LogP contribution in [0.4, 0.5) is 0 Å². The van der Waals surface area contributed by atoms with Crippen LogP contribution >= 0.6 is 0 Å². The van der Waals surface area contributed by atoms with Crippen molar-refractivity contribution in [2.75, 3.05) is 0 Å². The molecule has 8 unspecified atom stereocenters.